The number of hydrogen-bond acceptors (Lipinski definition) is 3. The Balaban J connectivity index is 2.21. The highest BCUT2D eigenvalue weighted by molar-refractivity contribution is 5.68. The normalized spacial score (nSPS) is 22.6. The highest BCUT2D eigenvalue weighted by Crippen LogP contribution is 2.33. The minimum Gasteiger partial charge on any atom is -0.444 e. The van der Waals surface area contributed by atoms with E-state index in [0.717, 1.165) is 18.4 Å². The van der Waals surface area contributed by atoms with Crippen LogP contribution in [0.15, 0.2) is 0 Å². The standard InChI is InChI=1S/C16H32N2O2/c1-7-18(15(19)20-16(4,5)6)9-8-17-14-10-13(11-14)12(2)3/h12-14,17H,7-11H2,1-6H3. The Hall–Kier alpha value is -0.770. The van der Waals surface area contributed by atoms with Gasteiger partial charge in [-0.3, -0.25) is 0 Å². The number of ether oxygens (including phenoxy) is 1. The van der Waals surface area contributed by atoms with E-state index in [-0.39, 0.29) is 6.09 Å². The van der Waals surface area contributed by atoms with E-state index >= 15 is 0 Å². The summed E-state index contributed by atoms with van der Waals surface area (Å²) in [6, 6.07) is 0.639. The zero-order valence-corrected chi connectivity index (χ0v) is 14.0. The van der Waals surface area contributed by atoms with Crippen molar-refractivity contribution in [1.82, 2.24) is 10.2 Å². The van der Waals surface area contributed by atoms with E-state index in [4.69, 9.17) is 4.74 Å². The molecule has 0 unspecified atom stereocenters. The van der Waals surface area contributed by atoms with Crippen molar-refractivity contribution in [2.45, 2.75) is 66.0 Å². The molecule has 1 fully saturated rings. The predicted molar refractivity (Wildman–Crippen MR) is 82.8 cm³/mol. The quantitative estimate of drug-likeness (QED) is 0.814. The summed E-state index contributed by atoms with van der Waals surface area (Å²) in [6.45, 7) is 14.5. The molecule has 0 bridgehead atoms. The lowest BCUT2D eigenvalue weighted by molar-refractivity contribution is 0.0257. The van der Waals surface area contributed by atoms with Gasteiger partial charge in [0.1, 0.15) is 5.60 Å². The van der Waals surface area contributed by atoms with Gasteiger partial charge in [0.05, 0.1) is 0 Å². The Morgan fingerprint density at radius 3 is 2.40 bits per heavy atom. The topological polar surface area (TPSA) is 41.6 Å². The average molecular weight is 284 g/mol. The third-order valence-corrected chi connectivity index (χ3v) is 3.97. The van der Waals surface area contributed by atoms with Crippen molar-refractivity contribution in [1.29, 1.82) is 0 Å². The molecule has 4 nitrogen and oxygen atoms in total. The molecule has 1 saturated carbocycles. The summed E-state index contributed by atoms with van der Waals surface area (Å²) in [6.07, 6.45) is 2.34. The molecule has 1 rings (SSSR count). The molecule has 0 aromatic heterocycles. The molecule has 1 N–H and O–H groups in total. The van der Waals surface area contributed by atoms with Crippen LogP contribution >= 0.6 is 0 Å². The van der Waals surface area contributed by atoms with Gasteiger partial charge in [0.25, 0.3) is 0 Å². The number of amides is 1. The first kappa shape index (κ1) is 17.3. The molecule has 1 aliphatic carbocycles. The minimum atomic E-state index is -0.420. The summed E-state index contributed by atoms with van der Waals surface area (Å²) in [5.41, 5.74) is -0.420. The zero-order valence-electron chi connectivity index (χ0n) is 14.0. The van der Waals surface area contributed by atoms with Gasteiger partial charge in [-0.25, -0.2) is 4.79 Å². The fourth-order valence-corrected chi connectivity index (χ4v) is 2.48. The minimum absolute atomic E-state index is 0.213. The van der Waals surface area contributed by atoms with E-state index in [2.05, 4.69) is 19.2 Å². The Bertz CT molecular complexity index is 304. The molecule has 0 atom stereocenters. The summed E-state index contributed by atoms with van der Waals surface area (Å²) in [5.74, 6) is 1.67. The first-order chi connectivity index (χ1) is 9.23. The maximum atomic E-state index is 12.0. The van der Waals surface area contributed by atoms with E-state index < -0.39 is 5.60 Å². The lowest BCUT2D eigenvalue weighted by Gasteiger charge is -2.39. The van der Waals surface area contributed by atoms with Crippen LogP contribution in [0.2, 0.25) is 0 Å². The van der Waals surface area contributed by atoms with Gasteiger partial charge in [-0.2, -0.15) is 0 Å². The zero-order chi connectivity index (χ0) is 15.3. The molecule has 0 aliphatic heterocycles. The number of likely N-dealkylation sites (N-methyl/N-ethyl adjacent to an activating group) is 1. The predicted octanol–water partition coefficient (Wildman–Crippen LogP) is 3.27. The smallest absolute Gasteiger partial charge is 0.410 e. The summed E-state index contributed by atoms with van der Waals surface area (Å²) in [4.78, 5) is 13.7. The fraction of sp³-hybridized carbons (Fsp3) is 0.938. The number of carbonyl (C=O) groups excluding carboxylic acids is 1. The van der Waals surface area contributed by atoms with Crippen molar-refractivity contribution in [3.05, 3.63) is 0 Å². The third-order valence-electron chi connectivity index (χ3n) is 3.97. The molecule has 1 aliphatic rings. The number of nitrogens with zero attached hydrogens (tertiary/aromatic N) is 1. The van der Waals surface area contributed by atoms with Crippen molar-refractivity contribution in [2.75, 3.05) is 19.6 Å². The highest BCUT2D eigenvalue weighted by atomic mass is 16.6. The SMILES string of the molecule is CCN(CCNC1CC(C(C)C)C1)C(=O)OC(C)(C)C. The Morgan fingerprint density at radius 2 is 1.95 bits per heavy atom. The van der Waals surface area contributed by atoms with Gasteiger partial charge in [-0.15, -0.1) is 0 Å². The number of carbonyl (C=O) groups is 1. The molecule has 20 heavy (non-hydrogen) atoms. The van der Waals surface area contributed by atoms with Gasteiger partial charge in [0, 0.05) is 25.7 Å². The molecule has 0 radical (unpaired) electrons. The summed E-state index contributed by atoms with van der Waals surface area (Å²) < 4.78 is 5.40. The second kappa shape index (κ2) is 7.30. The molecule has 4 heteroatoms. The van der Waals surface area contributed by atoms with Crippen LogP contribution in [0.1, 0.15) is 54.4 Å². The molecule has 118 valence electrons. The maximum Gasteiger partial charge on any atom is 0.410 e. The van der Waals surface area contributed by atoms with Crippen LogP contribution in [0.25, 0.3) is 0 Å². The number of nitrogens with one attached hydrogen (secondary N) is 1. The van der Waals surface area contributed by atoms with Gasteiger partial charge < -0.3 is 15.0 Å². The molecule has 0 heterocycles. The highest BCUT2D eigenvalue weighted by Gasteiger charge is 2.30. The van der Waals surface area contributed by atoms with Gasteiger partial charge in [-0.05, 0) is 52.4 Å². The van der Waals surface area contributed by atoms with Crippen molar-refractivity contribution >= 4 is 6.09 Å². The Kier molecular flexibility index (Phi) is 6.31. The largest absolute Gasteiger partial charge is 0.444 e. The molecular formula is C16H32N2O2. The second-order valence-electron chi connectivity index (χ2n) is 7.19. The maximum absolute atomic E-state index is 12.0. The monoisotopic (exact) mass is 284 g/mol. The summed E-state index contributed by atoms with van der Waals surface area (Å²) >= 11 is 0. The van der Waals surface area contributed by atoms with E-state index in [9.17, 15) is 4.79 Å². The van der Waals surface area contributed by atoms with Crippen LogP contribution in [-0.4, -0.2) is 42.3 Å². The van der Waals surface area contributed by atoms with E-state index in [1.54, 1.807) is 4.90 Å². The molecule has 0 spiro atoms. The number of rotatable bonds is 6. The summed E-state index contributed by atoms with van der Waals surface area (Å²) in [5, 5.41) is 3.54. The van der Waals surface area contributed by atoms with Crippen molar-refractivity contribution < 1.29 is 9.53 Å². The summed E-state index contributed by atoms with van der Waals surface area (Å²) in [7, 11) is 0. The van der Waals surface area contributed by atoms with Crippen LogP contribution in [-0.2, 0) is 4.74 Å². The van der Waals surface area contributed by atoms with E-state index in [0.29, 0.717) is 19.1 Å². The van der Waals surface area contributed by atoms with E-state index in [1.165, 1.54) is 12.8 Å². The van der Waals surface area contributed by atoms with Crippen LogP contribution in [0, 0.1) is 11.8 Å². The molecule has 0 aromatic carbocycles. The van der Waals surface area contributed by atoms with Crippen molar-refractivity contribution in [3.8, 4) is 0 Å². The lowest BCUT2D eigenvalue weighted by atomic mass is 9.74. The van der Waals surface area contributed by atoms with E-state index in [1.807, 2.05) is 27.7 Å². The number of hydrogen-bond donors (Lipinski definition) is 1. The molecule has 0 aromatic rings. The third kappa shape index (κ3) is 5.70. The second-order valence-corrected chi connectivity index (χ2v) is 7.19. The van der Waals surface area contributed by atoms with Gasteiger partial charge in [-0.1, -0.05) is 13.8 Å². The fourth-order valence-electron chi connectivity index (χ4n) is 2.48. The van der Waals surface area contributed by atoms with Gasteiger partial charge in [0.15, 0.2) is 0 Å². The first-order valence-corrected chi connectivity index (χ1v) is 7.94. The van der Waals surface area contributed by atoms with Crippen LogP contribution in [0.3, 0.4) is 0 Å². The first-order valence-electron chi connectivity index (χ1n) is 7.94. The van der Waals surface area contributed by atoms with Crippen LogP contribution in [0.5, 0.6) is 0 Å². The molecular weight excluding hydrogens is 252 g/mol. The van der Waals surface area contributed by atoms with Crippen LogP contribution in [0.4, 0.5) is 4.79 Å². The van der Waals surface area contributed by atoms with Gasteiger partial charge >= 0.3 is 6.09 Å². The van der Waals surface area contributed by atoms with Crippen molar-refractivity contribution in [3.63, 3.8) is 0 Å². The average Bonchev–Trinajstić information content (AvgIpc) is 2.23. The molecule has 1 amide bonds. The van der Waals surface area contributed by atoms with Gasteiger partial charge in [0.2, 0.25) is 0 Å². The Labute approximate surface area is 124 Å². The Morgan fingerprint density at radius 1 is 1.35 bits per heavy atom. The van der Waals surface area contributed by atoms with Crippen LogP contribution < -0.4 is 5.32 Å². The lowest BCUT2D eigenvalue weighted by Crippen LogP contribution is -2.47. The molecule has 0 saturated heterocycles. The van der Waals surface area contributed by atoms with Crippen molar-refractivity contribution in [2.24, 2.45) is 11.8 Å².